The van der Waals surface area contributed by atoms with Crippen molar-refractivity contribution in [3.05, 3.63) is 0 Å². The molecule has 2 unspecified atom stereocenters. The van der Waals surface area contributed by atoms with Crippen LogP contribution in [0.15, 0.2) is 0 Å². The summed E-state index contributed by atoms with van der Waals surface area (Å²) in [5.41, 5.74) is 0. The van der Waals surface area contributed by atoms with Gasteiger partial charge in [0.1, 0.15) is 0 Å². The minimum Gasteiger partial charge on any atom is -0.382 e. The van der Waals surface area contributed by atoms with Gasteiger partial charge in [-0.2, -0.15) is 0 Å². The molecule has 0 aromatic rings. The highest BCUT2D eigenvalue weighted by atomic mass is 16.5. The van der Waals surface area contributed by atoms with Crippen molar-refractivity contribution in [3.63, 3.8) is 0 Å². The fourth-order valence-corrected chi connectivity index (χ4v) is 2.78. The Balaban J connectivity index is 1.97. The van der Waals surface area contributed by atoms with E-state index in [9.17, 15) is 0 Å². The Labute approximate surface area is 118 Å². The van der Waals surface area contributed by atoms with E-state index in [0.717, 1.165) is 19.1 Å². The number of ether oxygens (including phenoxy) is 3. The lowest BCUT2D eigenvalue weighted by Crippen LogP contribution is -2.38. The Morgan fingerprint density at radius 1 is 0.947 bits per heavy atom. The van der Waals surface area contributed by atoms with Gasteiger partial charge in [0.15, 0.2) is 0 Å². The summed E-state index contributed by atoms with van der Waals surface area (Å²) >= 11 is 0. The molecule has 0 aromatic heterocycles. The van der Waals surface area contributed by atoms with Crippen molar-refractivity contribution in [2.45, 2.75) is 45.1 Å². The van der Waals surface area contributed by atoms with E-state index in [1.54, 1.807) is 7.11 Å². The Morgan fingerprint density at radius 3 is 2.37 bits per heavy atom. The summed E-state index contributed by atoms with van der Waals surface area (Å²) in [7, 11) is 1.69. The summed E-state index contributed by atoms with van der Waals surface area (Å²) in [5, 5.41) is 3.62. The van der Waals surface area contributed by atoms with Crippen LogP contribution in [-0.4, -0.2) is 52.7 Å². The van der Waals surface area contributed by atoms with Crippen LogP contribution in [0.25, 0.3) is 0 Å². The normalized spacial score (nSPS) is 23.7. The molecular formula is C15H31NO3. The molecule has 2 atom stereocenters. The van der Waals surface area contributed by atoms with Crippen molar-refractivity contribution >= 4 is 0 Å². The first-order chi connectivity index (χ1) is 9.38. The third-order valence-corrected chi connectivity index (χ3v) is 3.81. The van der Waals surface area contributed by atoms with Gasteiger partial charge in [0.05, 0.1) is 26.4 Å². The SMILES string of the molecule is CCNC1CCCCC1CCOCCOCCOC. The van der Waals surface area contributed by atoms with Crippen molar-refractivity contribution in [1.82, 2.24) is 5.32 Å². The lowest BCUT2D eigenvalue weighted by Gasteiger charge is -2.32. The molecular weight excluding hydrogens is 242 g/mol. The van der Waals surface area contributed by atoms with Crippen LogP contribution in [0.5, 0.6) is 0 Å². The van der Waals surface area contributed by atoms with E-state index < -0.39 is 0 Å². The molecule has 19 heavy (non-hydrogen) atoms. The molecule has 1 rings (SSSR count). The van der Waals surface area contributed by atoms with Crippen LogP contribution >= 0.6 is 0 Å². The average Bonchev–Trinajstić information content (AvgIpc) is 2.44. The molecule has 4 heteroatoms. The highest BCUT2D eigenvalue weighted by Crippen LogP contribution is 2.26. The predicted molar refractivity (Wildman–Crippen MR) is 77.6 cm³/mol. The zero-order chi connectivity index (χ0) is 13.8. The standard InChI is InChI=1S/C15H31NO3/c1-3-16-15-7-5-4-6-14(15)8-9-18-12-13-19-11-10-17-2/h14-16H,3-13H2,1-2H3. The van der Waals surface area contributed by atoms with Crippen LogP contribution in [0.4, 0.5) is 0 Å². The van der Waals surface area contributed by atoms with Crippen LogP contribution in [-0.2, 0) is 14.2 Å². The van der Waals surface area contributed by atoms with Crippen molar-refractivity contribution < 1.29 is 14.2 Å². The molecule has 0 heterocycles. The Kier molecular flexibility index (Phi) is 10.4. The molecule has 0 aromatic carbocycles. The summed E-state index contributed by atoms with van der Waals surface area (Å²) in [6.45, 7) is 6.82. The van der Waals surface area contributed by atoms with E-state index in [-0.39, 0.29) is 0 Å². The summed E-state index contributed by atoms with van der Waals surface area (Å²) in [6.07, 6.45) is 6.62. The van der Waals surface area contributed by atoms with Gasteiger partial charge in [0.25, 0.3) is 0 Å². The first-order valence-corrected chi connectivity index (χ1v) is 7.76. The third kappa shape index (κ3) is 7.88. The largest absolute Gasteiger partial charge is 0.382 e. The second-order valence-corrected chi connectivity index (χ2v) is 5.21. The summed E-state index contributed by atoms with van der Waals surface area (Å²) in [4.78, 5) is 0. The van der Waals surface area contributed by atoms with Gasteiger partial charge in [0.2, 0.25) is 0 Å². The fourth-order valence-electron chi connectivity index (χ4n) is 2.78. The molecule has 1 fully saturated rings. The molecule has 0 amide bonds. The topological polar surface area (TPSA) is 39.7 Å². The predicted octanol–water partition coefficient (Wildman–Crippen LogP) is 2.22. The lowest BCUT2D eigenvalue weighted by molar-refractivity contribution is 0.0197. The Hall–Kier alpha value is -0.160. The van der Waals surface area contributed by atoms with Crippen molar-refractivity contribution in [1.29, 1.82) is 0 Å². The minimum atomic E-state index is 0.658. The average molecular weight is 273 g/mol. The van der Waals surface area contributed by atoms with Gasteiger partial charge in [-0.15, -0.1) is 0 Å². The Bertz CT molecular complexity index is 200. The Morgan fingerprint density at radius 2 is 1.63 bits per heavy atom. The number of nitrogens with one attached hydrogen (secondary N) is 1. The maximum atomic E-state index is 5.65. The molecule has 0 saturated heterocycles. The highest BCUT2D eigenvalue weighted by Gasteiger charge is 2.23. The van der Waals surface area contributed by atoms with E-state index >= 15 is 0 Å². The van der Waals surface area contributed by atoms with Gasteiger partial charge in [0, 0.05) is 19.8 Å². The maximum absolute atomic E-state index is 5.65. The minimum absolute atomic E-state index is 0.658. The summed E-state index contributed by atoms with van der Waals surface area (Å²) in [5.74, 6) is 0.795. The van der Waals surface area contributed by atoms with Gasteiger partial charge in [-0.1, -0.05) is 19.8 Å². The fraction of sp³-hybridized carbons (Fsp3) is 1.00. The van der Waals surface area contributed by atoms with Gasteiger partial charge >= 0.3 is 0 Å². The monoisotopic (exact) mass is 273 g/mol. The van der Waals surface area contributed by atoms with Crippen LogP contribution in [0.3, 0.4) is 0 Å². The molecule has 114 valence electrons. The van der Waals surface area contributed by atoms with E-state index in [2.05, 4.69) is 12.2 Å². The van der Waals surface area contributed by atoms with Crippen LogP contribution < -0.4 is 5.32 Å². The molecule has 0 bridgehead atoms. The summed E-state index contributed by atoms with van der Waals surface area (Å²) < 4.78 is 15.9. The molecule has 4 nitrogen and oxygen atoms in total. The molecule has 0 aliphatic heterocycles. The first kappa shape index (κ1) is 16.9. The van der Waals surface area contributed by atoms with Crippen LogP contribution in [0.1, 0.15) is 39.0 Å². The van der Waals surface area contributed by atoms with E-state index in [1.165, 1.54) is 32.1 Å². The second kappa shape index (κ2) is 11.6. The molecule has 0 radical (unpaired) electrons. The highest BCUT2D eigenvalue weighted by molar-refractivity contribution is 4.80. The van der Waals surface area contributed by atoms with E-state index in [4.69, 9.17) is 14.2 Å². The number of methoxy groups -OCH3 is 1. The van der Waals surface area contributed by atoms with Gasteiger partial charge in [-0.3, -0.25) is 0 Å². The molecule has 1 N–H and O–H groups in total. The van der Waals surface area contributed by atoms with Gasteiger partial charge in [-0.05, 0) is 31.7 Å². The number of hydrogen-bond acceptors (Lipinski definition) is 4. The number of hydrogen-bond donors (Lipinski definition) is 1. The maximum Gasteiger partial charge on any atom is 0.0701 e. The van der Waals surface area contributed by atoms with Gasteiger partial charge in [-0.25, -0.2) is 0 Å². The van der Waals surface area contributed by atoms with Crippen molar-refractivity contribution in [2.24, 2.45) is 5.92 Å². The zero-order valence-electron chi connectivity index (χ0n) is 12.7. The first-order valence-electron chi connectivity index (χ1n) is 7.76. The molecule has 1 saturated carbocycles. The number of rotatable bonds is 11. The van der Waals surface area contributed by atoms with Gasteiger partial charge < -0.3 is 19.5 Å². The lowest BCUT2D eigenvalue weighted by atomic mass is 9.82. The zero-order valence-corrected chi connectivity index (χ0v) is 12.7. The molecule has 1 aliphatic carbocycles. The summed E-state index contributed by atoms with van der Waals surface area (Å²) in [6, 6.07) is 0.709. The molecule has 1 aliphatic rings. The van der Waals surface area contributed by atoms with E-state index in [1.807, 2.05) is 0 Å². The second-order valence-electron chi connectivity index (χ2n) is 5.21. The molecule has 0 spiro atoms. The third-order valence-electron chi connectivity index (χ3n) is 3.81. The van der Waals surface area contributed by atoms with Crippen LogP contribution in [0, 0.1) is 5.92 Å². The van der Waals surface area contributed by atoms with Crippen molar-refractivity contribution in [3.8, 4) is 0 Å². The van der Waals surface area contributed by atoms with Crippen LogP contribution in [0.2, 0.25) is 0 Å². The smallest absolute Gasteiger partial charge is 0.0701 e. The quantitative estimate of drug-likeness (QED) is 0.586. The van der Waals surface area contributed by atoms with Crippen molar-refractivity contribution in [2.75, 3.05) is 46.7 Å². The van der Waals surface area contributed by atoms with E-state index in [0.29, 0.717) is 32.5 Å².